The molecule has 0 aliphatic carbocycles. The fourth-order valence-corrected chi connectivity index (χ4v) is 4.15. The van der Waals surface area contributed by atoms with Crippen molar-refractivity contribution in [3.63, 3.8) is 0 Å². The Kier molecular flexibility index (Phi) is 7.33. The Balaban J connectivity index is 1.30. The van der Waals surface area contributed by atoms with E-state index in [2.05, 4.69) is 0 Å². The molecule has 0 saturated carbocycles. The number of rotatable bonds is 8. The van der Waals surface area contributed by atoms with Gasteiger partial charge in [0, 0.05) is 28.6 Å². The Morgan fingerprint density at radius 3 is 2.08 bits per heavy atom. The van der Waals surface area contributed by atoms with Gasteiger partial charge in [-0.15, -0.1) is 0 Å². The standard InChI is InChI=1S/C32H24N2O6/c1-20-3-6-22(7-4-20)30-18-28(27-17-21(2)5-16-29(27)33-30)32(36)39-19-31(35)23-8-12-25(13-9-23)40-26-14-10-24(11-15-26)34(37)38/h3-18H,19H2,1-2H3. The number of esters is 1. The van der Waals surface area contributed by atoms with Crippen LogP contribution in [0, 0.1) is 24.0 Å². The van der Waals surface area contributed by atoms with E-state index in [1.165, 1.54) is 24.3 Å². The van der Waals surface area contributed by atoms with Crippen molar-refractivity contribution in [2.24, 2.45) is 0 Å². The molecule has 0 unspecified atom stereocenters. The average molecular weight is 533 g/mol. The van der Waals surface area contributed by atoms with Crippen molar-refractivity contribution in [2.75, 3.05) is 6.61 Å². The molecule has 8 heteroatoms. The summed E-state index contributed by atoms with van der Waals surface area (Å²) < 4.78 is 11.1. The summed E-state index contributed by atoms with van der Waals surface area (Å²) in [6, 6.07) is 27.2. The summed E-state index contributed by atoms with van der Waals surface area (Å²) in [5.74, 6) is -0.116. The number of hydrogen-bond donors (Lipinski definition) is 0. The lowest BCUT2D eigenvalue weighted by molar-refractivity contribution is -0.384. The quantitative estimate of drug-likeness (QED) is 0.0895. The molecule has 0 bridgehead atoms. The van der Waals surface area contributed by atoms with Crippen LogP contribution < -0.4 is 4.74 Å². The second kappa shape index (κ2) is 11.2. The first-order valence-electron chi connectivity index (χ1n) is 12.5. The van der Waals surface area contributed by atoms with Crippen LogP contribution in [0.25, 0.3) is 22.2 Å². The van der Waals surface area contributed by atoms with Gasteiger partial charge in [0.15, 0.2) is 12.4 Å². The Morgan fingerprint density at radius 1 is 0.800 bits per heavy atom. The number of benzene rings is 4. The number of nitro benzene ring substituents is 1. The predicted molar refractivity (Wildman–Crippen MR) is 151 cm³/mol. The van der Waals surface area contributed by atoms with E-state index in [4.69, 9.17) is 14.5 Å². The Morgan fingerprint density at radius 2 is 1.43 bits per heavy atom. The van der Waals surface area contributed by atoms with Crippen LogP contribution in [-0.2, 0) is 4.74 Å². The number of carbonyl (C=O) groups excluding carboxylic acids is 2. The molecule has 1 heterocycles. The van der Waals surface area contributed by atoms with Crippen molar-refractivity contribution in [3.8, 4) is 22.8 Å². The Bertz CT molecular complexity index is 1730. The molecular formula is C32H24N2O6. The van der Waals surface area contributed by atoms with Gasteiger partial charge < -0.3 is 9.47 Å². The van der Waals surface area contributed by atoms with Crippen molar-refractivity contribution in [1.82, 2.24) is 4.98 Å². The third-order valence-electron chi connectivity index (χ3n) is 6.33. The number of aromatic nitrogens is 1. The zero-order valence-corrected chi connectivity index (χ0v) is 21.8. The minimum Gasteiger partial charge on any atom is -0.457 e. The predicted octanol–water partition coefficient (Wildman–Crippen LogP) is 7.26. The van der Waals surface area contributed by atoms with Crippen molar-refractivity contribution in [3.05, 3.63) is 129 Å². The second-order valence-electron chi connectivity index (χ2n) is 9.32. The van der Waals surface area contributed by atoms with Gasteiger partial charge in [0.1, 0.15) is 11.5 Å². The molecule has 1 aromatic heterocycles. The zero-order chi connectivity index (χ0) is 28.2. The summed E-state index contributed by atoms with van der Waals surface area (Å²) in [7, 11) is 0. The van der Waals surface area contributed by atoms with Crippen LogP contribution in [-0.4, -0.2) is 28.3 Å². The van der Waals surface area contributed by atoms with Crippen LogP contribution >= 0.6 is 0 Å². The maximum Gasteiger partial charge on any atom is 0.339 e. The number of Topliss-reactive ketones (excluding diaryl/α,β-unsaturated/α-hetero) is 1. The summed E-state index contributed by atoms with van der Waals surface area (Å²) in [4.78, 5) is 41.0. The molecular weight excluding hydrogens is 508 g/mol. The number of fused-ring (bicyclic) bond motifs is 1. The van der Waals surface area contributed by atoms with E-state index in [0.717, 1.165) is 16.7 Å². The number of non-ortho nitro benzene ring substituents is 1. The van der Waals surface area contributed by atoms with Gasteiger partial charge in [-0.1, -0.05) is 41.5 Å². The van der Waals surface area contributed by atoms with E-state index >= 15 is 0 Å². The second-order valence-corrected chi connectivity index (χ2v) is 9.32. The highest BCUT2D eigenvalue weighted by Crippen LogP contribution is 2.27. The molecule has 0 N–H and O–H groups in total. The van der Waals surface area contributed by atoms with Crippen LogP contribution in [0.3, 0.4) is 0 Å². The number of ether oxygens (including phenoxy) is 2. The molecule has 0 fully saturated rings. The first-order chi connectivity index (χ1) is 19.3. The molecule has 0 aliphatic rings. The summed E-state index contributed by atoms with van der Waals surface area (Å²) >= 11 is 0. The molecule has 0 spiro atoms. The third kappa shape index (κ3) is 5.86. The SMILES string of the molecule is Cc1ccc(-c2cc(C(=O)OCC(=O)c3ccc(Oc4ccc([N+](=O)[O-])cc4)cc3)c3cc(C)ccc3n2)cc1. The first-order valence-corrected chi connectivity index (χ1v) is 12.5. The highest BCUT2D eigenvalue weighted by atomic mass is 16.6. The summed E-state index contributed by atoms with van der Waals surface area (Å²) in [6.07, 6.45) is 0. The highest BCUT2D eigenvalue weighted by molar-refractivity contribution is 6.06. The van der Waals surface area contributed by atoms with Gasteiger partial charge in [-0.2, -0.15) is 0 Å². The van der Waals surface area contributed by atoms with E-state index in [0.29, 0.717) is 39.2 Å². The maximum atomic E-state index is 13.2. The molecule has 0 saturated heterocycles. The van der Waals surface area contributed by atoms with E-state index in [1.54, 1.807) is 30.3 Å². The number of nitro groups is 1. The molecule has 0 aliphatic heterocycles. The number of ketones is 1. The summed E-state index contributed by atoms with van der Waals surface area (Å²) in [5.41, 5.74) is 4.90. The van der Waals surface area contributed by atoms with Crippen molar-refractivity contribution in [1.29, 1.82) is 0 Å². The maximum absolute atomic E-state index is 13.2. The molecule has 40 heavy (non-hydrogen) atoms. The molecule has 4 aromatic carbocycles. The van der Waals surface area contributed by atoms with E-state index in [1.807, 2.05) is 56.3 Å². The fraction of sp³-hybridized carbons (Fsp3) is 0.0938. The minimum atomic E-state index is -0.613. The number of aryl methyl sites for hydroxylation is 2. The van der Waals surface area contributed by atoms with Crippen molar-refractivity contribution in [2.45, 2.75) is 13.8 Å². The van der Waals surface area contributed by atoms with Gasteiger partial charge in [-0.05, 0) is 68.4 Å². The van der Waals surface area contributed by atoms with Gasteiger partial charge in [-0.25, -0.2) is 9.78 Å². The third-order valence-corrected chi connectivity index (χ3v) is 6.33. The Hall–Kier alpha value is -5.37. The molecule has 0 radical (unpaired) electrons. The van der Waals surface area contributed by atoms with E-state index < -0.39 is 17.5 Å². The minimum absolute atomic E-state index is 0.0379. The molecule has 5 rings (SSSR count). The number of nitrogens with zero attached hydrogens (tertiary/aromatic N) is 2. The number of hydrogen-bond acceptors (Lipinski definition) is 7. The van der Waals surface area contributed by atoms with E-state index in [-0.39, 0.29) is 11.5 Å². The largest absolute Gasteiger partial charge is 0.457 e. The zero-order valence-electron chi connectivity index (χ0n) is 21.8. The van der Waals surface area contributed by atoms with Gasteiger partial charge in [-0.3, -0.25) is 14.9 Å². The summed E-state index contributed by atoms with van der Waals surface area (Å²) in [6.45, 7) is 3.50. The lowest BCUT2D eigenvalue weighted by atomic mass is 10.0. The molecule has 198 valence electrons. The van der Waals surface area contributed by atoms with E-state index in [9.17, 15) is 19.7 Å². The molecule has 8 nitrogen and oxygen atoms in total. The van der Waals surface area contributed by atoms with Crippen molar-refractivity contribution >= 4 is 28.3 Å². The Labute approximate surface area is 230 Å². The number of carbonyl (C=O) groups is 2. The average Bonchev–Trinajstić information content (AvgIpc) is 2.96. The number of pyridine rings is 1. The normalized spacial score (nSPS) is 10.8. The van der Waals surface area contributed by atoms with Crippen LogP contribution in [0.4, 0.5) is 5.69 Å². The van der Waals surface area contributed by atoms with Gasteiger partial charge >= 0.3 is 5.97 Å². The molecule has 5 aromatic rings. The fourth-order valence-electron chi connectivity index (χ4n) is 4.15. The molecule has 0 atom stereocenters. The van der Waals surface area contributed by atoms with Gasteiger partial charge in [0.05, 0.1) is 21.7 Å². The lowest BCUT2D eigenvalue weighted by Crippen LogP contribution is -2.15. The van der Waals surface area contributed by atoms with Gasteiger partial charge in [0.25, 0.3) is 5.69 Å². The highest BCUT2D eigenvalue weighted by Gasteiger charge is 2.18. The van der Waals surface area contributed by atoms with Gasteiger partial charge in [0.2, 0.25) is 0 Å². The van der Waals surface area contributed by atoms with Crippen LogP contribution in [0.2, 0.25) is 0 Å². The molecule has 0 amide bonds. The monoisotopic (exact) mass is 532 g/mol. The van der Waals surface area contributed by atoms with Crippen molar-refractivity contribution < 1.29 is 24.0 Å². The smallest absolute Gasteiger partial charge is 0.339 e. The lowest BCUT2D eigenvalue weighted by Gasteiger charge is -2.11. The topological polar surface area (TPSA) is 109 Å². The summed E-state index contributed by atoms with van der Waals surface area (Å²) in [5, 5.41) is 11.5. The van der Waals surface area contributed by atoms with Crippen LogP contribution in [0.15, 0.2) is 97.1 Å². The van der Waals surface area contributed by atoms with Crippen LogP contribution in [0.5, 0.6) is 11.5 Å². The van der Waals surface area contributed by atoms with Crippen LogP contribution in [0.1, 0.15) is 31.8 Å². The first kappa shape index (κ1) is 26.2.